The van der Waals surface area contributed by atoms with Crippen molar-refractivity contribution in [3.05, 3.63) is 70.0 Å². The largest absolute Gasteiger partial charge is 0.497 e. The summed E-state index contributed by atoms with van der Waals surface area (Å²) in [5.41, 5.74) is 7.89. The Morgan fingerprint density at radius 3 is 2.50 bits per heavy atom. The van der Waals surface area contributed by atoms with Gasteiger partial charge in [-0.25, -0.2) is 4.57 Å². The number of rotatable bonds is 3. The quantitative estimate of drug-likeness (QED) is 0.753. The molecule has 0 aliphatic rings. The molecule has 0 saturated heterocycles. The summed E-state index contributed by atoms with van der Waals surface area (Å²) in [6.45, 7) is 1.70. The summed E-state index contributed by atoms with van der Waals surface area (Å²) in [4.78, 5) is 25.3. The fourth-order valence-electron chi connectivity index (χ4n) is 2.70. The highest BCUT2D eigenvalue weighted by molar-refractivity contribution is 5.93. The Balaban J connectivity index is 2.06. The zero-order valence-corrected chi connectivity index (χ0v) is 13.6. The second-order valence-corrected chi connectivity index (χ2v) is 5.70. The monoisotopic (exact) mass is 322 g/mol. The second-order valence-electron chi connectivity index (χ2n) is 5.70. The third-order valence-corrected chi connectivity index (χ3v) is 3.97. The fraction of sp³-hybridized carbons (Fsp3) is 0.158. The lowest BCUT2D eigenvalue weighted by Gasteiger charge is -2.11. The van der Waals surface area contributed by atoms with Gasteiger partial charge < -0.3 is 10.5 Å². The van der Waals surface area contributed by atoms with Crippen LogP contribution >= 0.6 is 0 Å². The summed E-state index contributed by atoms with van der Waals surface area (Å²) < 4.78 is 6.32. The van der Waals surface area contributed by atoms with Gasteiger partial charge in [0.25, 0.3) is 5.56 Å². The lowest BCUT2D eigenvalue weighted by atomic mass is 10.1. The molecule has 2 aromatic carbocycles. The molecule has 3 rings (SSSR count). The maximum atomic E-state index is 12.8. The molecule has 24 heavy (non-hydrogen) atoms. The van der Waals surface area contributed by atoms with Gasteiger partial charge in [-0.15, -0.1) is 0 Å². The Hall–Kier alpha value is -3.08. The van der Waals surface area contributed by atoms with Crippen molar-refractivity contribution < 1.29 is 9.53 Å². The topological polar surface area (TPSA) is 74.3 Å². The number of carbonyl (C=O) groups excluding carboxylic acids is 1. The first-order valence-corrected chi connectivity index (χ1v) is 7.57. The molecule has 0 fully saturated rings. The molecule has 0 aliphatic carbocycles. The molecule has 1 aromatic heterocycles. The van der Waals surface area contributed by atoms with E-state index in [2.05, 4.69) is 0 Å². The third-order valence-electron chi connectivity index (χ3n) is 3.97. The lowest BCUT2D eigenvalue weighted by Crippen LogP contribution is -2.29. The standard InChI is InChI=1S/C19H18N2O3/c1-12-9-14-5-6-15(20)11-17(14)21(19(12)23)18(22)10-13-3-7-16(24-2)8-4-13/h3-9,11H,10,20H2,1-2H3. The van der Waals surface area contributed by atoms with Crippen molar-refractivity contribution in [3.8, 4) is 5.75 Å². The molecule has 1 heterocycles. The predicted octanol–water partition coefficient (Wildman–Crippen LogP) is 2.78. The summed E-state index contributed by atoms with van der Waals surface area (Å²) in [5.74, 6) is 0.432. The van der Waals surface area contributed by atoms with Crippen LogP contribution in [0.4, 0.5) is 5.69 Å². The molecule has 0 unspecified atom stereocenters. The number of nitrogen functional groups attached to an aromatic ring is 1. The van der Waals surface area contributed by atoms with Gasteiger partial charge in [-0.2, -0.15) is 0 Å². The van der Waals surface area contributed by atoms with E-state index in [0.29, 0.717) is 16.8 Å². The number of hydrogen-bond acceptors (Lipinski definition) is 4. The van der Waals surface area contributed by atoms with E-state index in [4.69, 9.17) is 10.5 Å². The van der Waals surface area contributed by atoms with Gasteiger partial charge in [0.15, 0.2) is 0 Å². The SMILES string of the molecule is COc1ccc(CC(=O)n2c(=O)c(C)cc3ccc(N)cc32)cc1. The third kappa shape index (κ3) is 2.88. The number of fused-ring (bicyclic) bond motifs is 1. The van der Waals surface area contributed by atoms with Gasteiger partial charge in [-0.05, 0) is 48.2 Å². The van der Waals surface area contributed by atoms with E-state index >= 15 is 0 Å². The molecule has 0 amide bonds. The number of methoxy groups -OCH3 is 1. The van der Waals surface area contributed by atoms with E-state index in [1.807, 2.05) is 18.2 Å². The number of carbonyl (C=O) groups is 1. The highest BCUT2D eigenvalue weighted by atomic mass is 16.5. The number of hydrogen-bond donors (Lipinski definition) is 1. The van der Waals surface area contributed by atoms with Crippen LogP contribution in [0.5, 0.6) is 5.75 Å². The Bertz CT molecular complexity index is 972. The van der Waals surface area contributed by atoms with Crippen molar-refractivity contribution >= 4 is 22.5 Å². The van der Waals surface area contributed by atoms with E-state index in [-0.39, 0.29) is 17.9 Å². The first kappa shape index (κ1) is 15.8. The maximum Gasteiger partial charge on any atom is 0.260 e. The first-order valence-electron chi connectivity index (χ1n) is 7.57. The molecule has 5 heteroatoms. The number of aryl methyl sites for hydroxylation is 1. The van der Waals surface area contributed by atoms with Crippen LogP contribution in [0.2, 0.25) is 0 Å². The van der Waals surface area contributed by atoms with Gasteiger partial charge in [0.1, 0.15) is 5.75 Å². The van der Waals surface area contributed by atoms with Crippen LogP contribution in [0.3, 0.4) is 0 Å². The molecule has 5 nitrogen and oxygen atoms in total. The van der Waals surface area contributed by atoms with Crippen LogP contribution in [-0.2, 0) is 6.42 Å². The number of ether oxygens (including phenoxy) is 1. The average Bonchev–Trinajstić information content (AvgIpc) is 2.57. The number of nitrogens with two attached hydrogens (primary N) is 1. The number of benzene rings is 2. The number of aromatic nitrogens is 1. The van der Waals surface area contributed by atoms with Crippen LogP contribution in [0.25, 0.3) is 10.9 Å². The number of anilines is 1. The molecule has 0 aliphatic heterocycles. The van der Waals surface area contributed by atoms with E-state index in [0.717, 1.165) is 16.7 Å². The minimum atomic E-state index is -0.313. The molecular formula is C19H18N2O3. The molecule has 122 valence electrons. The molecule has 0 spiro atoms. The van der Waals surface area contributed by atoms with Gasteiger partial charge in [0.2, 0.25) is 5.91 Å². The Morgan fingerprint density at radius 1 is 1.12 bits per heavy atom. The Morgan fingerprint density at radius 2 is 1.83 bits per heavy atom. The fourth-order valence-corrected chi connectivity index (χ4v) is 2.70. The Labute approximate surface area is 139 Å². The molecule has 0 saturated carbocycles. The Kier molecular flexibility index (Phi) is 4.08. The van der Waals surface area contributed by atoms with Crippen molar-refractivity contribution in [1.82, 2.24) is 4.57 Å². The van der Waals surface area contributed by atoms with Gasteiger partial charge in [0.05, 0.1) is 19.0 Å². The highest BCUT2D eigenvalue weighted by Crippen LogP contribution is 2.18. The van der Waals surface area contributed by atoms with Gasteiger partial charge in [-0.3, -0.25) is 9.59 Å². The van der Waals surface area contributed by atoms with Crippen LogP contribution in [-0.4, -0.2) is 17.6 Å². The molecule has 0 atom stereocenters. The number of nitrogens with zero attached hydrogens (tertiary/aromatic N) is 1. The van der Waals surface area contributed by atoms with Crippen molar-refractivity contribution in [1.29, 1.82) is 0 Å². The summed E-state index contributed by atoms with van der Waals surface area (Å²) in [6.07, 6.45) is 0.122. The molecule has 3 aromatic rings. The predicted molar refractivity (Wildman–Crippen MR) is 94.7 cm³/mol. The van der Waals surface area contributed by atoms with Crippen LogP contribution in [0, 0.1) is 6.92 Å². The van der Waals surface area contributed by atoms with Crippen LogP contribution in [0.1, 0.15) is 15.9 Å². The van der Waals surface area contributed by atoms with E-state index in [1.54, 1.807) is 44.4 Å². The maximum absolute atomic E-state index is 12.8. The molecule has 2 N–H and O–H groups in total. The molecule has 0 bridgehead atoms. The lowest BCUT2D eigenvalue weighted by molar-refractivity contribution is 0.0915. The van der Waals surface area contributed by atoms with E-state index in [9.17, 15) is 9.59 Å². The van der Waals surface area contributed by atoms with Crippen molar-refractivity contribution in [2.75, 3.05) is 12.8 Å². The van der Waals surface area contributed by atoms with Crippen molar-refractivity contribution in [2.24, 2.45) is 0 Å². The second kappa shape index (κ2) is 6.20. The molecular weight excluding hydrogens is 304 g/mol. The summed E-state index contributed by atoms with van der Waals surface area (Å²) in [5, 5.41) is 0.810. The minimum Gasteiger partial charge on any atom is -0.497 e. The summed E-state index contributed by atoms with van der Waals surface area (Å²) >= 11 is 0. The van der Waals surface area contributed by atoms with Crippen molar-refractivity contribution in [2.45, 2.75) is 13.3 Å². The number of pyridine rings is 1. The van der Waals surface area contributed by atoms with Gasteiger partial charge in [-0.1, -0.05) is 18.2 Å². The molecule has 0 radical (unpaired) electrons. The van der Waals surface area contributed by atoms with Crippen molar-refractivity contribution in [3.63, 3.8) is 0 Å². The zero-order chi connectivity index (χ0) is 17.3. The first-order chi connectivity index (χ1) is 11.5. The minimum absolute atomic E-state index is 0.122. The van der Waals surface area contributed by atoms with Crippen LogP contribution in [0.15, 0.2) is 53.3 Å². The summed E-state index contributed by atoms with van der Waals surface area (Å²) in [6, 6.07) is 14.2. The zero-order valence-electron chi connectivity index (χ0n) is 13.6. The van der Waals surface area contributed by atoms with Crippen LogP contribution < -0.4 is 16.0 Å². The summed E-state index contributed by atoms with van der Waals surface area (Å²) in [7, 11) is 1.59. The average molecular weight is 322 g/mol. The highest BCUT2D eigenvalue weighted by Gasteiger charge is 2.14. The van der Waals surface area contributed by atoms with E-state index < -0.39 is 0 Å². The van der Waals surface area contributed by atoms with E-state index in [1.165, 1.54) is 4.57 Å². The van der Waals surface area contributed by atoms with Gasteiger partial charge in [0, 0.05) is 11.3 Å². The smallest absolute Gasteiger partial charge is 0.260 e. The normalized spacial score (nSPS) is 10.8. The van der Waals surface area contributed by atoms with Gasteiger partial charge >= 0.3 is 0 Å².